The topological polar surface area (TPSA) is 89.5 Å². The molecule has 0 aliphatic carbocycles. The number of amides is 1. The first-order chi connectivity index (χ1) is 7.92. The highest BCUT2D eigenvalue weighted by atomic mass is 32.2. The van der Waals surface area contributed by atoms with Crippen LogP contribution in [0.5, 0.6) is 0 Å². The average Bonchev–Trinajstić information content (AvgIpc) is 2.28. The van der Waals surface area contributed by atoms with E-state index in [-0.39, 0.29) is 16.9 Å². The molecule has 0 aromatic heterocycles. The van der Waals surface area contributed by atoms with Crippen LogP contribution in [0.4, 0.5) is 0 Å². The molecule has 0 saturated carbocycles. The Kier molecular flexibility index (Phi) is 3.84. The molecule has 0 saturated heterocycles. The molecule has 1 aromatic carbocycles. The lowest BCUT2D eigenvalue weighted by atomic mass is 10.1. The van der Waals surface area contributed by atoms with E-state index in [1.807, 2.05) is 0 Å². The highest BCUT2D eigenvalue weighted by Gasteiger charge is 2.22. The molecule has 0 bridgehead atoms. The van der Waals surface area contributed by atoms with Crippen LogP contribution < -0.4 is 4.72 Å². The van der Waals surface area contributed by atoms with Crippen LogP contribution in [0, 0.1) is 6.92 Å². The molecule has 0 aliphatic rings. The maximum absolute atomic E-state index is 11.7. The smallest absolute Gasteiger partial charge is 0.339 e. The molecule has 1 rings (SSSR count). The maximum Gasteiger partial charge on any atom is 0.339 e. The Bertz CT molecular complexity index is 550. The van der Waals surface area contributed by atoms with Crippen LogP contribution in [0.3, 0.4) is 0 Å². The highest BCUT2D eigenvalue weighted by Crippen LogP contribution is 2.18. The van der Waals surface area contributed by atoms with E-state index < -0.39 is 16.0 Å². The minimum atomic E-state index is -4.04. The number of esters is 1. The second kappa shape index (κ2) is 4.96. The second-order valence-electron chi connectivity index (χ2n) is 3.23. The zero-order valence-corrected chi connectivity index (χ0v) is 10.1. The molecule has 7 heteroatoms. The van der Waals surface area contributed by atoms with Gasteiger partial charge < -0.3 is 4.74 Å². The van der Waals surface area contributed by atoms with Crippen LogP contribution in [0.1, 0.15) is 15.9 Å². The van der Waals surface area contributed by atoms with Crippen LogP contribution in [0.25, 0.3) is 0 Å². The standard InChI is InChI=1S/C10H11NO5S/c1-7-3-4-8(10(13)16-2)9(5-7)17(14,15)11-6-12/h3-6H,1-2H3,(H,11,12). The molecule has 0 atom stereocenters. The van der Waals surface area contributed by atoms with Gasteiger partial charge in [0.1, 0.15) is 4.90 Å². The molecule has 92 valence electrons. The van der Waals surface area contributed by atoms with E-state index >= 15 is 0 Å². The van der Waals surface area contributed by atoms with Crippen LogP contribution in [-0.4, -0.2) is 27.9 Å². The zero-order chi connectivity index (χ0) is 13.1. The fourth-order valence-corrected chi connectivity index (χ4v) is 2.29. The van der Waals surface area contributed by atoms with Crippen molar-refractivity contribution in [2.24, 2.45) is 0 Å². The number of benzene rings is 1. The minimum Gasteiger partial charge on any atom is -0.465 e. The lowest BCUT2D eigenvalue weighted by Gasteiger charge is -2.08. The predicted molar refractivity (Wildman–Crippen MR) is 58.9 cm³/mol. The van der Waals surface area contributed by atoms with E-state index in [0.29, 0.717) is 5.56 Å². The highest BCUT2D eigenvalue weighted by molar-refractivity contribution is 7.90. The molecule has 0 radical (unpaired) electrons. The molecule has 6 nitrogen and oxygen atoms in total. The second-order valence-corrected chi connectivity index (χ2v) is 4.91. The van der Waals surface area contributed by atoms with Crippen LogP contribution >= 0.6 is 0 Å². The number of carbonyl (C=O) groups is 2. The Morgan fingerprint density at radius 1 is 1.41 bits per heavy atom. The van der Waals surface area contributed by atoms with E-state index in [9.17, 15) is 18.0 Å². The molecular weight excluding hydrogens is 246 g/mol. The number of rotatable bonds is 4. The van der Waals surface area contributed by atoms with Gasteiger partial charge in [-0.2, -0.15) is 0 Å². The van der Waals surface area contributed by atoms with E-state index in [2.05, 4.69) is 4.74 Å². The summed E-state index contributed by atoms with van der Waals surface area (Å²) in [6, 6.07) is 4.20. The number of hydrogen-bond donors (Lipinski definition) is 1. The van der Waals surface area contributed by atoms with E-state index in [1.165, 1.54) is 12.1 Å². The van der Waals surface area contributed by atoms with Crippen molar-refractivity contribution in [1.29, 1.82) is 0 Å². The fourth-order valence-electron chi connectivity index (χ4n) is 1.26. The lowest BCUT2D eigenvalue weighted by Crippen LogP contribution is -2.24. The van der Waals surface area contributed by atoms with Gasteiger partial charge in [-0.15, -0.1) is 0 Å². The summed E-state index contributed by atoms with van der Waals surface area (Å²) in [5, 5.41) is 0. The van der Waals surface area contributed by atoms with Crippen molar-refractivity contribution in [1.82, 2.24) is 4.72 Å². The molecular formula is C10H11NO5S. The van der Waals surface area contributed by atoms with E-state index in [1.54, 1.807) is 17.7 Å². The molecule has 17 heavy (non-hydrogen) atoms. The maximum atomic E-state index is 11.7. The Morgan fingerprint density at radius 3 is 2.59 bits per heavy atom. The summed E-state index contributed by atoms with van der Waals surface area (Å²) in [4.78, 5) is 21.3. The van der Waals surface area contributed by atoms with Crippen molar-refractivity contribution in [3.63, 3.8) is 0 Å². The van der Waals surface area contributed by atoms with Gasteiger partial charge in [0, 0.05) is 0 Å². The number of carbonyl (C=O) groups excluding carboxylic acids is 2. The third-order valence-electron chi connectivity index (χ3n) is 2.04. The molecule has 0 fully saturated rings. The molecule has 1 amide bonds. The van der Waals surface area contributed by atoms with Crippen LogP contribution in [0.2, 0.25) is 0 Å². The van der Waals surface area contributed by atoms with Gasteiger partial charge in [0.25, 0.3) is 10.0 Å². The largest absolute Gasteiger partial charge is 0.465 e. The summed E-state index contributed by atoms with van der Waals surface area (Å²) >= 11 is 0. The molecule has 1 N–H and O–H groups in total. The number of sulfonamides is 1. The molecule has 1 aromatic rings. The summed E-state index contributed by atoms with van der Waals surface area (Å²) in [6.45, 7) is 1.67. The first-order valence-electron chi connectivity index (χ1n) is 4.57. The van der Waals surface area contributed by atoms with Crippen LogP contribution in [0.15, 0.2) is 23.1 Å². The summed E-state index contributed by atoms with van der Waals surface area (Å²) in [7, 11) is -2.89. The predicted octanol–water partition coefficient (Wildman–Crippen LogP) is 0.216. The molecule has 0 unspecified atom stereocenters. The summed E-state index contributed by atoms with van der Waals surface area (Å²) in [6.07, 6.45) is 0.0404. The van der Waals surface area contributed by atoms with Crippen molar-refractivity contribution < 1.29 is 22.7 Å². The van der Waals surface area contributed by atoms with Crippen molar-refractivity contribution in [2.45, 2.75) is 11.8 Å². The Hall–Kier alpha value is -1.89. The van der Waals surface area contributed by atoms with Crippen LogP contribution in [-0.2, 0) is 19.6 Å². The summed E-state index contributed by atoms with van der Waals surface area (Å²) in [5.74, 6) is -0.781. The average molecular weight is 257 g/mol. The van der Waals surface area contributed by atoms with Crippen molar-refractivity contribution in [3.05, 3.63) is 29.3 Å². The normalized spacial score (nSPS) is 10.7. The monoisotopic (exact) mass is 257 g/mol. The third-order valence-corrected chi connectivity index (χ3v) is 3.36. The third kappa shape index (κ3) is 2.82. The first-order valence-corrected chi connectivity index (χ1v) is 6.05. The van der Waals surface area contributed by atoms with Gasteiger partial charge in [0.15, 0.2) is 0 Å². The molecule has 0 heterocycles. The fraction of sp³-hybridized carbons (Fsp3) is 0.200. The molecule has 0 spiro atoms. The zero-order valence-electron chi connectivity index (χ0n) is 9.26. The van der Waals surface area contributed by atoms with Gasteiger partial charge in [0.05, 0.1) is 12.7 Å². The van der Waals surface area contributed by atoms with Gasteiger partial charge in [-0.1, -0.05) is 6.07 Å². The minimum absolute atomic E-state index is 0.0404. The Balaban J connectivity index is 3.45. The first kappa shape index (κ1) is 13.2. The Morgan fingerprint density at radius 2 is 2.06 bits per heavy atom. The summed E-state index contributed by atoms with van der Waals surface area (Å²) < 4.78 is 29.5. The van der Waals surface area contributed by atoms with Gasteiger partial charge in [0.2, 0.25) is 6.41 Å². The van der Waals surface area contributed by atoms with Gasteiger partial charge >= 0.3 is 5.97 Å². The Labute approximate surface area is 98.6 Å². The van der Waals surface area contributed by atoms with Crippen molar-refractivity contribution in [3.8, 4) is 0 Å². The number of methoxy groups -OCH3 is 1. The molecule has 0 aliphatic heterocycles. The van der Waals surface area contributed by atoms with Crippen molar-refractivity contribution in [2.75, 3.05) is 7.11 Å². The van der Waals surface area contributed by atoms with Gasteiger partial charge in [-0.05, 0) is 24.6 Å². The number of nitrogens with one attached hydrogen (secondary N) is 1. The van der Waals surface area contributed by atoms with E-state index in [0.717, 1.165) is 7.11 Å². The number of aryl methyl sites for hydroxylation is 1. The summed E-state index contributed by atoms with van der Waals surface area (Å²) in [5.41, 5.74) is 0.524. The lowest BCUT2D eigenvalue weighted by molar-refractivity contribution is -0.108. The quantitative estimate of drug-likeness (QED) is 0.615. The number of ether oxygens (including phenoxy) is 1. The SMILES string of the molecule is COC(=O)c1ccc(C)cc1S(=O)(=O)NC=O. The van der Waals surface area contributed by atoms with Gasteiger partial charge in [-0.3, -0.25) is 9.52 Å². The van der Waals surface area contributed by atoms with Gasteiger partial charge in [-0.25, -0.2) is 13.2 Å². The number of hydrogen-bond acceptors (Lipinski definition) is 5. The van der Waals surface area contributed by atoms with E-state index in [4.69, 9.17) is 0 Å². The van der Waals surface area contributed by atoms with Crippen molar-refractivity contribution >= 4 is 22.4 Å².